The highest BCUT2D eigenvalue weighted by atomic mass is 16.4. The molecule has 0 unspecified atom stereocenters. The van der Waals surface area contributed by atoms with E-state index in [1.165, 1.54) is 0 Å². The molecule has 0 atom stereocenters. The van der Waals surface area contributed by atoms with Gasteiger partial charge in [0.1, 0.15) is 0 Å². The Bertz CT molecular complexity index is 520. The maximum absolute atomic E-state index is 11.4. The lowest BCUT2D eigenvalue weighted by Crippen LogP contribution is -2.16. The monoisotopic (exact) mass is 275 g/mol. The van der Waals surface area contributed by atoms with Gasteiger partial charge in [-0.1, -0.05) is 33.3 Å². The highest BCUT2D eigenvalue weighted by molar-refractivity contribution is 6.18. The molecule has 0 aromatic heterocycles. The average Bonchev–Trinajstić information content (AvgIpc) is 2.38. The predicted molar refractivity (Wildman–Crippen MR) is 79.6 cm³/mol. The van der Waals surface area contributed by atoms with Gasteiger partial charge >= 0.3 is 5.97 Å². The summed E-state index contributed by atoms with van der Waals surface area (Å²) in [4.78, 5) is 22.7. The molecule has 0 bridgehead atoms. The van der Waals surface area contributed by atoms with Gasteiger partial charge < -0.3 is 10.8 Å². The van der Waals surface area contributed by atoms with Crippen molar-refractivity contribution in [1.29, 1.82) is 0 Å². The third kappa shape index (κ3) is 3.47. The fraction of sp³-hybridized carbons (Fsp3) is 0.375. The van der Waals surface area contributed by atoms with Crippen molar-refractivity contribution in [3.8, 4) is 0 Å². The van der Waals surface area contributed by atoms with Gasteiger partial charge in [0.15, 0.2) is 0 Å². The molecule has 0 heterocycles. The molecule has 0 aliphatic heterocycles. The van der Waals surface area contributed by atoms with E-state index in [4.69, 9.17) is 5.73 Å². The van der Waals surface area contributed by atoms with Crippen LogP contribution in [0.5, 0.6) is 0 Å². The molecule has 20 heavy (non-hydrogen) atoms. The molecule has 4 heteroatoms. The van der Waals surface area contributed by atoms with Gasteiger partial charge in [0.2, 0.25) is 5.91 Å². The number of aryl methyl sites for hydroxylation is 2. The molecule has 0 radical (unpaired) electrons. The maximum Gasteiger partial charge on any atom is 0.335 e. The number of carboxylic acids is 1. The number of rotatable bonds is 7. The molecule has 3 N–H and O–H groups in total. The number of hydrogen-bond acceptors (Lipinski definition) is 2. The van der Waals surface area contributed by atoms with Crippen LogP contribution in [0.4, 0.5) is 0 Å². The third-order valence-corrected chi connectivity index (χ3v) is 3.19. The SMILES string of the molecule is C=C(C(N)=O)c1c(CCC)cc(C(=O)O)cc1CCC. The van der Waals surface area contributed by atoms with Crippen LogP contribution in [0.1, 0.15) is 53.7 Å². The van der Waals surface area contributed by atoms with Gasteiger partial charge in [-0.25, -0.2) is 4.79 Å². The van der Waals surface area contributed by atoms with E-state index < -0.39 is 11.9 Å². The zero-order valence-electron chi connectivity index (χ0n) is 12.0. The minimum Gasteiger partial charge on any atom is -0.478 e. The highest BCUT2D eigenvalue weighted by Gasteiger charge is 2.18. The minimum absolute atomic E-state index is 0.248. The molecule has 1 rings (SSSR count). The van der Waals surface area contributed by atoms with Gasteiger partial charge in [0.05, 0.1) is 5.56 Å². The molecular weight excluding hydrogens is 254 g/mol. The smallest absolute Gasteiger partial charge is 0.335 e. The van der Waals surface area contributed by atoms with Crippen LogP contribution in [0.3, 0.4) is 0 Å². The highest BCUT2D eigenvalue weighted by Crippen LogP contribution is 2.27. The molecular formula is C16H21NO3. The van der Waals surface area contributed by atoms with E-state index in [2.05, 4.69) is 6.58 Å². The van der Waals surface area contributed by atoms with Crippen molar-refractivity contribution >= 4 is 17.4 Å². The number of amides is 1. The first-order chi connectivity index (χ1) is 9.42. The van der Waals surface area contributed by atoms with Crippen LogP contribution in [-0.4, -0.2) is 17.0 Å². The van der Waals surface area contributed by atoms with Gasteiger partial charge in [-0.05, 0) is 41.7 Å². The topological polar surface area (TPSA) is 80.4 Å². The van der Waals surface area contributed by atoms with Crippen molar-refractivity contribution in [2.75, 3.05) is 0 Å². The van der Waals surface area contributed by atoms with Crippen molar-refractivity contribution in [1.82, 2.24) is 0 Å². The molecule has 0 fully saturated rings. The molecule has 108 valence electrons. The number of hydrogen-bond donors (Lipinski definition) is 2. The lowest BCUT2D eigenvalue weighted by atomic mass is 9.88. The summed E-state index contributed by atoms with van der Waals surface area (Å²) in [5, 5.41) is 9.19. The average molecular weight is 275 g/mol. The Hall–Kier alpha value is -2.10. The van der Waals surface area contributed by atoms with Crippen molar-refractivity contribution in [3.63, 3.8) is 0 Å². The number of carbonyl (C=O) groups excluding carboxylic acids is 1. The van der Waals surface area contributed by atoms with E-state index in [9.17, 15) is 14.7 Å². The summed E-state index contributed by atoms with van der Waals surface area (Å²) in [5.74, 6) is -1.53. The van der Waals surface area contributed by atoms with Gasteiger partial charge in [-0.2, -0.15) is 0 Å². The van der Waals surface area contributed by atoms with E-state index in [1.807, 2.05) is 13.8 Å². The first kappa shape index (κ1) is 16.0. The van der Waals surface area contributed by atoms with Crippen LogP contribution in [0, 0.1) is 0 Å². The number of aromatic carboxylic acids is 1. The zero-order valence-corrected chi connectivity index (χ0v) is 12.0. The third-order valence-electron chi connectivity index (χ3n) is 3.19. The van der Waals surface area contributed by atoms with Gasteiger partial charge in [0.25, 0.3) is 0 Å². The van der Waals surface area contributed by atoms with Crippen molar-refractivity contribution in [2.24, 2.45) is 5.73 Å². The second kappa shape index (κ2) is 6.89. The first-order valence-electron chi connectivity index (χ1n) is 6.80. The zero-order chi connectivity index (χ0) is 15.3. The van der Waals surface area contributed by atoms with Crippen LogP contribution in [0.25, 0.3) is 5.57 Å². The number of primary amides is 1. The summed E-state index contributed by atoms with van der Waals surface area (Å²) >= 11 is 0. The van der Waals surface area contributed by atoms with Gasteiger partial charge in [0, 0.05) is 5.57 Å². The molecule has 0 aliphatic carbocycles. The summed E-state index contributed by atoms with van der Waals surface area (Å²) in [6.45, 7) is 7.77. The molecule has 0 saturated heterocycles. The Labute approximate surface area is 119 Å². The van der Waals surface area contributed by atoms with Crippen LogP contribution in [0.2, 0.25) is 0 Å². The quantitative estimate of drug-likeness (QED) is 0.751. The van der Waals surface area contributed by atoms with Crippen molar-refractivity contribution in [2.45, 2.75) is 39.5 Å². The van der Waals surface area contributed by atoms with Crippen LogP contribution in [-0.2, 0) is 17.6 Å². The van der Waals surface area contributed by atoms with E-state index in [0.717, 1.165) is 29.5 Å². The van der Waals surface area contributed by atoms with Crippen molar-refractivity contribution in [3.05, 3.63) is 41.0 Å². The fourth-order valence-electron chi connectivity index (χ4n) is 2.33. The molecule has 4 nitrogen and oxygen atoms in total. The molecule has 1 amide bonds. The summed E-state index contributed by atoms with van der Waals surface area (Å²) in [6, 6.07) is 3.24. The molecule has 0 spiro atoms. The lowest BCUT2D eigenvalue weighted by Gasteiger charge is -2.16. The maximum atomic E-state index is 11.4. The minimum atomic E-state index is -0.962. The number of carbonyl (C=O) groups is 2. The van der Waals surface area contributed by atoms with E-state index in [0.29, 0.717) is 12.8 Å². The number of carboxylic acid groups (broad SMARTS) is 1. The summed E-state index contributed by atoms with van der Waals surface area (Å²) in [6.07, 6.45) is 3.10. The predicted octanol–water partition coefficient (Wildman–Crippen LogP) is 2.79. The fourth-order valence-corrected chi connectivity index (χ4v) is 2.33. The summed E-state index contributed by atoms with van der Waals surface area (Å²) in [5.41, 5.74) is 8.24. The first-order valence-corrected chi connectivity index (χ1v) is 6.80. The van der Waals surface area contributed by atoms with E-state index in [1.54, 1.807) is 12.1 Å². The Balaban J connectivity index is 3.53. The van der Waals surface area contributed by atoms with Crippen LogP contribution in [0.15, 0.2) is 18.7 Å². The van der Waals surface area contributed by atoms with Crippen molar-refractivity contribution < 1.29 is 14.7 Å². The van der Waals surface area contributed by atoms with Gasteiger partial charge in [-0.15, -0.1) is 0 Å². The molecule has 0 saturated carbocycles. The normalized spacial score (nSPS) is 10.3. The lowest BCUT2D eigenvalue weighted by molar-refractivity contribution is -0.112. The Morgan fingerprint density at radius 2 is 1.60 bits per heavy atom. The second-order valence-corrected chi connectivity index (χ2v) is 4.82. The Morgan fingerprint density at radius 1 is 1.15 bits per heavy atom. The Kier molecular flexibility index (Phi) is 5.50. The largest absolute Gasteiger partial charge is 0.478 e. The standard InChI is InChI=1S/C16H21NO3/c1-4-6-11-8-13(16(19)20)9-12(7-5-2)14(11)10(3)15(17)18/h8-9H,3-7H2,1-2H3,(H2,17,18)(H,19,20). The summed E-state index contributed by atoms with van der Waals surface area (Å²) < 4.78 is 0. The Morgan fingerprint density at radius 3 is 1.90 bits per heavy atom. The second-order valence-electron chi connectivity index (χ2n) is 4.82. The van der Waals surface area contributed by atoms with Gasteiger partial charge in [-0.3, -0.25) is 4.79 Å². The van der Waals surface area contributed by atoms with E-state index >= 15 is 0 Å². The van der Waals surface area contributed by atoms with Crippen LogP contribution >= 0.6 is 0 Å². The number of nitrogens with two attached hydrogens (primary N) is 1. The number of benzene rings is 1. The summed E-state index contributed by atoms with van der Waals surface area (Å²) in [7, 11) is 0. The molecule has 0 aliphatic rings. The molecule has 1 aromatic carbocycles. The van der Waals surface area contributed by atoms with E-state index in [-0.39, 0.29) is 11.1 Å². The van der Waals surface area contributed by atoms with Crippen LogP contribution < -0.4 is 5.73 Å². The molecule has 1 aromatic rings.